The molecular formula is C13H15N3OS2. The number of nitrogens with zero attached hydrogens (tertiary/aromatic N) is 2. The van der Waals surface area contributed by atoms with Gasteiger partial charge in [0.05, 0.1) is 15.9 Å². The molecule has 0 saturated carbocycles. The van der Waals surface area contributed by atoms with Crippen molar-refractivity contribution in [1.29, 1.82) is 0 Å². The third kappa shape index (κ3) is 2.08. The molecule has 1 aliphatic rings. The Morgan fingerprint density at radius 3 is 2.89 bits per heavy atom. The van der Waals surface area contributed by atoms with Crippen LogP contribution < -0.4 is 5.56 Å². The number of nitrogens with one attached hydrogen (secondary N) is 1. The highest BCUT2D eigenvalue weighted by Crippen LogP contribution is 2.45. The van der Waals surface area contributed by atoms with Crippen LogP contribution in [0.15, 0.2) is 27.3 Å². The zero-order chi connectivity index (χ0) is 13.6. The van der Waals surface area contributed by atoms with E-state index in [1.54, 1.807) is 23.1 Å². The first-order valence-electron chi connectivity index (χ1n) is 6.17. The maximum atomic E-state index is 12.2. The van der Waals surface area contributed by atoms with Crippen molar-refractivity contribution >= 4 is 34.0 Å². The highest BCUT2D eigenvalue weighted by Gasteiger charge is 2.30. The van der Waals surface area contributed by atoms with Crippen molar-refractivity contribution in [2.24, 2.45) is 4.99 Å². The summed E-state index contributed by atoms with van der Waals surface area (Å²) in [7, 11) is 0. The number of H-pyrrole nitrogens is 1. The van der Waals surface area contributed by atoms with Crippen molar-refractivity contribution in [2.75, 3.05) is 0 Å². The van der Waals surface area contributed by atoms with Crippen LogP contribution in [0, 0.1) is 0 Å². The summed E-state index contributed by atoms with van der Waals surface area (Å²) in [5.41, 5.74) is 0.762. The van der Waals surface area contributed by atoms with Gasteiger partial charge in [0.15, 0.2) is 5.82 Å². The summed E-state index contributed by atoms with van der Waals surface area (Å²) >= 11 is 3.34. The van der Waals surface area contributed by atoms with Crippen LogP contribution in [0.3, 0.4) is 0 Å². The second kappa shape index (κ2) is 4.68. The molecule has 0 saturated heterocycles. The molecule has 100 valence electrons. The van der Waals surface area contributed by atoms with Crippen LogP contribution in [0.5, 0.6) is 0 Å². The van der Waals surface area contributed by atoms with Gasteiger partial charge in [0.25, 0.3) is 5.56 Å². The number of fused-ring (bicyclic) bond motifs is 1. The molecule has 1 aliphatic heterocycles. The quantitative estimate of drug-likeness (QED) is 0.917. The van der Waals surface area contributed by atoms with Gasteiger partial charge in [-0.25, -0.2) is 4.99 Å². The Labute approximate surface area is 119 Å². The summed E-state index contributed by atoms with van der Waals surface area (Å²) in [6, 6.07) is 4.30. The van der Waals surface area contributed by atoms with E-state index in [1.807, 2.05) is 36.9 Å². The molecule has 0 bridgehead atoms. The van der Waals surface area contributed by atoms with Gasteiger partial charge in [0, 0.05) is 10.9 Å². The molecule has 0 amide bonds. The molecule has 19 heavy (non-hydrogen) atoms. The molecule has 2 aromatic rings. The third-order valence-corrected chi connectivity index (χ3v) is 5.31. The van der Waals surface area contributed by atoms with Crippen LogP contribution in [-0.4, -0.2) is 14.8 Å². The molecule has 0 aliphatic carbocycles. The molecular weight excluding hydrogens is 278 g/mol. The van der Waals surface area contributed by atoms with E-state index in [4.69, 9.17) is 0 Å². The van der Waals surface area contributed by atoms with Gasteiger partial charge in [-0.1, -0.05) is 17.8 Å². The Kier molecular flexibility index (Phi) is 3.14. The second-order valence-corrected chi connectivity index (χ2v) is 7.06. The van der Waals surface area contributed by atoms with Gasteiger partial charge in [-0.3, -0.25) is 14.6 Å². The van der Waals surface area contributed by atoms with E-state index in [-0.39, 0.29) is 16.9 Å². The lowest BCUT2D eigenvalue weighted by Gasteiger charge is -2.20. The Bertz CT molecular complexity index is 679. The van der Waals surface area contributed by atoms with Crippen molar-refractivity contribution in [3.05, 3.63) is 38.3 Å². The fourth-order valence-electron chi connectivity index (χ4n) is 2.22. The normalized spacial score (nSPS) is 18.5. The number of hydrogen-bond acceptors (Lipinski definition) is 4. The first kappa shape index (κ1) is 12.7. The van der Waals surface area contributed by atoms with Gasteiger partial charge in [-0.05, 0) is 32.2 Å². The number of aromatic amines is 1. The fourth-order valence-corrected chi connectivity index (χ4v) is 4.25. The van der Waals surface area contributed by atoms with E-state index >= 15 is 0 Å². The first-order chi connectivity index (χ1) is 9.08. The van der Waals surface area contributed by atoms with Gasteiger partial charge in [-0.2, -0.15) is 0 Å². The number of aromatic nitrogens is 2. The van der Waals surface area contributed by atoms with Gasteiger partial charge in [-0.15, -0.1) is 11.3 Å². The summed E-state index contributed by atoms with van der Waals surface area (Å²) < 4.78 is 1.86. The highest BCUT2D eigenvalue weighted by atomic mass is 32.2. The van der Waals surface area contributed by atoms with E-state index in [0.717, 1.165) is 16.4 Å². The molecule has 0 aromatic carbocycles. The Morgan fingerprint density at radius 1 is 1.47 bits per heavy atom. The monoisotopic (exact) mass is 293 g/mol. The van der Waals surface area contributed by atoms with Crippen LogP contribution in [-0.2, 0) is 0 Å². The summed E-state index contributed by atoms with van der Waals surface area (Å²) in [6.07, 6.45) is 0. The zero-order valence-electron chi connectivity index (χ0n) is 11.0. The van der Waals surface area contributed by atoms with Crippen molar-refractivity contribution in [2.45, 2.75) is 32.1 Å². The van der Waals surface area contributed by atoms with Gasteiger partial charge in [0.2, 0.25) is 0 Å². The second-order valence-electron chi connectivity index (χ2n) is 4.79. The molecule has 4 nitrogen and oxygen atoms in total. The number of thiophene rings is 1. The van der Waals surface area contributed by atoms with Crippen LogP contribution in [0.25, 0.3) is 0 Å². The first-order valence-corrected chi connectivity index (χ1v) is 7.93. The minimum absolute atomic E-state index is 0.0224. The Balaban J connectivity index is 2.22. The standard InChI is InChI=1S/C13H15N3OS2/c1-7(2)16-12-10(13(17)15-16)11(19-8(3)14-12)9-5-4-6-18-9/h4-7,11H,1-3H3,(H,15,17). The minimum Gasteiger partial charge on any atom is -0.268 e. The summed E-state index contributed by atoms with van der Waals surface area (Å²) in [5.74, 6) is 0.787. The summed E-state index contributed by atoms with van der Waals surface area (Å²) in [4.78, 5) is 18.0. The van der Waals surface area contributed by atoms with Crippen LogP contribution in [0.1, 0.15) is 42.5 Å². The van der Waals surface area contributed by atoms with Crippen molar-refractivity contribution in [3.8, 4) is 0 Å². The van der Waals surface area contributed by atoms with Crippen LogP contribution in [0.2, 0.25) is 0 Å². The van der Waals surface area contributed by atoms with Crippen molar-refractivity contribution < 1.29 is 0 Å². The maximum Gasteiger partial charge on any atom is 0.271 e. The minimum atomic E-state index is -0.0224. The molecule has 3 rings (SSSR count). The maximum absolute atomic E-state index is 12.2. The topological polar surface area (TPSA) is 50.1 Å². The predicted octanol–water partition coefficient (Wildman–Crippen LogP) is 3.70. The fraction of sp³-hybridized carbons (Fsp3) is 0.385. The lowest BCUT2D eigenvalue weighted by atomic mass is 10.2. The van der Waals surface area contributed by atoms with E-state index < -0.39 is 0 Å². The van der Waals surface area contributed by atoms with Crippen molar-refractivity contribution in [3.63, 3.8) is 0 Å². The highest BCUT2D eigenvalue weighted by molar-refractivity contribution is 8.14. The molecule has 0 spiro atoms. The summed E-state index contributed by atoms with van der Waals surface area (Å²) in [5, 5.41) is 6.02. The van der Waals surface area contributed by atoms with Gasteiger partial charge < -0.3 is 0 Å². The number of rotatable bonds is 2. The van der Waals surface area contributed by atoms with Gasteiger partial charge >= 0.3 is 0 Å². The van der Waals surface area contributed by atoms with Crippen molar-refractivity contribution in [1.82, 2.24) is 9.78 Å². The largest absolute Gasteiger partial charge is 0.271 e. The number of thioether (sulfide) groups is 1. The Hall–Kier alpha value is -1.27. The predicted molar refractivity (Wildman–Crippen MR) is 82.0 cm³/mol. The number of aliphatic imine (C=N–C) groups is 1. The summed E-state index contributed by atoms with van der Waals surface area (Å²) in [6.45, 7) is 6.09. The SMILES string of the molecule is CC1=Nc2c(c(=O)[nH]n2C(C)C)C(c2cccs2)S1. The zero-order valence-corrected chi connectivity index (χ0v) is 12.6. The molecule has 6 heteroatoms. The average Bonchev–Trinajstić information content (AvgIpc) is 2.96. The lowest BCUT2D eigenvalue weighted by molar-refractivity contribution is 0.533. The molecule has 3 heterocycles. The van der Waals surface area contributed by atoms with E-state index in [1.165, 1.54) is 4.88 Å². The van der Waals surface area contributed by atoms with Gasteiger partial charge in [0.1, 0.15) is 0 Å². The average molecular weight is 293 g/mol. The van der Waals surface area contributed by atoms with E-state index in [2.05, 4.69) is 16.2 Å². The van der Waals surface area contributed by atoms with E-state index in [0.29, 0.717) is 0 Å². The van der Waals surface area contributed by atoms with E-state index in [9.17, 15) is 4.79 Å². The molecule has 2 aromatic heterocycles. The third-order valence-electron chi connectivity index (χ3n) is 3.07. The molecule has 0 radical (unpaired) electrons. The van der Waals surface area contributed by atoms with Crippen LogP contribution >= 0.6 is 23.1 Å². The number of hydrogen-bond donors (Lipinski definition) is 1. The smallest absolute Gasteiger partial charge is 0.268 e. The lowest BCUT2D eigenvalue weighted by Crippen LogP contribution is -2.12. The molecule has 1 N–H and O–H groups in total. The molecule has 1 unspecified atom stereocenters. The molecule has 1 atom stereocenters. The van der Waals surface area contributed by atoms with Crippen LogP contribution in [0.4, 0.5) is 5.82 Å². The Morgan fingerprint density at radius 2 is 2.26 bits per heavy atom. The molecule has 0 fully saturated rings.